The molecule has 1 heterocycles. The Bertz CT molecular complexity index is 776. The number of aromatic nitrogens is 1. The first-order chi connectivity index (χ1) is 11.1. The van der Waals surface area contributed by atoms with Crippen molar-refractivity contribution in [3.05, 3.63) is 68.5 Å². The number of rotatable bonds is 4. The van der Waals surface area contributed by atoms with Crippen LogP contribution in [0.25, 0.3) is 0 Å². The molecule has 2 N–H and O–H groups in total. The van der Waals surface area contributed by atoms with Crippen LogP contribution in [-0.4, -0.2) is 17.6 Å². The van der Waals surface area contributed by atoms with Gasteiger partial charge in [-0.1, -0.05) is 42.2 Å². The Kier molecular flexibility index (Phi) is 6.45. The van der Waals surface area contributed by atoms with Gasteiger partial charge in [-0.25, -0.2) is 4.79 Å². The van der Waals surface area contributed by atoms with Gasteiger partial charge in [-0.15, -0.1) is 0 Å². The van der Waals surface area contributed by atoms with Crippen LogP contribution in [0.5, 0.6) is 0 Å². The minimum absolute atomic E-state index is 0.228. The Morgan fingerprint density at radius 2 is 2.09 bits per heavy atom. The van der Waals surface area contributed by atoms with Gasteiger partial charge in [0.1, 0.15) is 6.61 Å². The summed E-state index contributed by atoms with van der Waals surface area (Å²) in [4.78, 5) is 25.6. The van der Waals surface area contributed by atoms with Gasteiger partial charge in [0.15, 0.2) is 0 Å². The molecule has 0 radical (unpaired) electrons. The zero-order valence-corrected chi connectivity index (χ0v) is 13.9. The number of carbonyl (C=O) groups is 1. The molecule has 2 rings (SSSR count). The topological polar surface area (TPSA) is 71.2 Å². The number of ether oxygens (including phenoxy) is 1. The normalized spacial score (nSPS) is 9.61. The summed E-state index contributed by atoms with van der Waals surface area (Å²) in [5.74, 6) is 5.61. The number of halogens is 1. The molecule has 0 unspecified atom stereocenters. The number of amides is 1. The van der Waals surface area contributed by atoms with Gasteiger partial charge in [0.25, 0.3) is 5.56 Å². The van der Waals surface area contributed by atoms with E-state index in [0.717, 1.165) is 10.0 Å². The summed E-state index contributed by atoms with van der Waals surface area (Å²) < 4.78 is 5.82. The fraction of sp³-hybridized carbons (Fsp3) is 0.176. The van der Waals surface area contributed by atoms with Crippen LogP contribution in [0.1, 0.15) is 17.5 Å². The van der Waals surface area contributed by atoms with Crippen molar-refractivity contribution in [2.24, 2.45) is 0 Å². The number of hydrogen-bond acceptors (Lipinski definition) is 3. The number of aromatic amines is 1. The van der Waals surface area contributed by atoms with Crippen LogP contribution in [0.15, 0.2) is 51.9 Å². The van der Waals surface area contributed by atoms with Crippen molar-refractivity contribution < 1.29 is 9.53 Å². The Hall–Kier alpha value is -2.52. The first-order valence-corrected chi connectivity index (χ1v) is 7.76. The molecule has 6 heteroatoms. The number of nitrogens with one attached hydrogen (secondary N) is 2. The summed E-state index contributed by atoms with van der Waals surface area (Å²) in [7, 11) is 0. The highest BCUT2D eigenvalue weighted by atomic mass is 79.9. The summed E-state index contributed by atoms with van der Waals surface area (Å²) in [5, 5.41) is 2.61. The van der Waals surface area contributed by atoms with Gasteiger partial charge >= 0.3 is 6.09 Å². The highest BCUT2D eigenvalue weighted by Crippen LogP contribution is 2.05. The highest BCUT2D eigenvalue weighted by molar-refractivity contribution is 9.10. The Morgan fingerprint density at radius 1 is 1.30 bits per heavy atom. The lowest BCUT2D eigenvalue weighted by atomic mass is 10.2. The monoisotopic (exact) mass is 374 g/mol. The lowest BCUT2D eigenvalue weighted by molar-refractivity contribution is 0.140. The van der Waals surface area contributed by atoms with Crippen LogP contribution in [0.2, 0.25) is 0 Å². The minimum Gasteiger partial charge on any atom is -0.445 e. The van der Waals surface area contributed by atoms with Crippen molar-refractivity contribution in [1.82, 2.24) is 10.3 Å². The second-order valence-corrected chi connectivity index (χ2v) is 5.52. The number of benzene rings is 1. The molecule has 2 aromatic rings. The maximum absolute atomic E-state index is 11.5. The van der Waals surface area contributed by atoms with Crippen LogP contribution >= 0.6 is 15.9 Å². The van der Waals surface area contributed by atoms with Gasteiger partial charge in [0, 0.05) is 23.6 Å². The lowest BCUT2D eigenvalue weighted by Gasteiger charge is -2.05. The Labute approximate surface area is 142 Å². The SMILES string of the molecule is O=C(NCCC#Cc1cc(Br)c[nH]c1=O)OCc1ccccc1. The van der Waals surface area contributed by atoms with Crippen LogP contribution in [0, 0.1) is 11.8 Å². The molecule has 0 saturated carbocycles. The maximum Gasteiger partial charge on any atom is 0.407 e. The van der Waals surface area contributed by atoms with Crippen molar-refractivity contribution >= 4 is 22.0 Å². The summed E-state index contributed by atoms with van der Waals surface area (Å²) >= 11 is 3.26. The first-order valence-electron chi connectivity index (χ1n) is 6.97. The average molecular weight is 375 g/mol. The van der Waals surface area contributed by atoms with E-state index in [9.17, 15) is 9.59 Å². The summed E-state index contributed by atoms with van der Waals surface area (Å²) in [6.45, 7) is 0.582. The minimum atomic E-state index is -0.490. The van der Waals surface area contributed by atoms with Gasteiger partial charge in [0.2, 0.25) is 0 Å². The third-order valence-electron chi connectivity index (χ3n) is 2.82. The van der Waals surface area contributed by atoms with Crippen molar-refractivity contribution in [3.8, 4) is 11.8 Å². The molecule has 0 aliphatic rings. The second kappa shape index (κ2) is 8.81. The third kappa shape index (κ3) is 6.01. The van der Waals surface area contributed by atoms with Gasteiger partial charge in [-0.2, -0.15) is 0 Å². The van der Waals surface area contributed by atoms with Gasteiger partial charge in [0.05, 0.1) is 5.56 Å². The van der Waals surface area contributed by atoms with E-state index in [2.05, 4.69) is 38.1 Å². The Balaban J connectivity index is 1.71. The molecule has 0 bridgehead atoms. The molecule has 0 fully saturated rings. The van der Waals surface area contributed by atoms with E-state index < -0.39 is 6.09 Å². The van der Waals surface area contributed by atoms with Gasteiger partial charge in [-0.05, 0) is 27.6 Å². The molecular formula is C17H15BrN2O3. The fourth-order valence-electron chi connectivity index (χ4n) is 1.71. The van der Waals surface area contributed by atoms with Crippen LogP contribution in [-0.2, 0) is 11.3 Å². The smallest absolute Gasteiger partial charge is 0.407 e. The largest absolute Gasteiger partial charge is 0.445 e. The van der Waals surface area contributed by atoms with Crippen molar-refractivity contribution in [2.45, 2.75) is 13.0 Å². The fourth-order valence-corrected chi connectivity index (χ4v) is 2.05. The molecule has 0 aliphatic carbocycles. The van der Waals surface area contributed by atoms with E-state index in [4.69, 9.17) is 4.74 Å². The first kappa shape index (κ1) is 16.8. The molecule has 1 aromatic heterocycles. The number of pyridine rings is 1. The lowest BCUT2D eigenvalue weighted by Crippen LogP contribution is -2.24. The molecule has 0 saturated heterocycles. The number of alkyl carbamates (subject to hydrolysis) is 1. The van der Waals surface area contributed by atoms with Gasteiger partial charge < -0.3 is 15.0 Å². The van der Waals surface area contributed by atoms with E-state index in [-0.39, 0.29) is 12.2 Å². The van der Waals surface area contributed by atoms with Crippen LogP contribution in [0.3, 0.4) is 0 Å². The van der Waals surface area contributed by atoms with E-state index in [1.165, 1.54) is 0 Å². The number of hydrogen-bond donors (Lipinski definition) is 2. The number of carbonyl (C=O) groups excluding carboxylic acids is 1. The molecule has 0 atom stereocenters. The number of H-pyrrole nitrogens is 1. The summed E-state index contributed by atoms with van der Waals surface area (Å²) in [6, 6.07) is 11.1. The van der Waals surface area contributed by atoms with Crippen LogP contribution < -0.4 is 10.9 Å². The molecule has 0 aliphatic heterocycles. The van der Waals surface area contributed by atoms with E-state index >= 15 is 0 Å². The van der Waals surface area contributed by atoms with Crippen molar-refractivity contribution in [1.29, 1.82) is 0 Å². The molecule has 23 heavy (non-hydrogen) atoms. The van der Waals surface area contributed by atoms with E-state index in [0.29, 0.717) is 18.5 Å². The second-order valence-electron chi connectivity index (χ2n) is 4.60. The third-order valence-corrected chi connectivity index (χ3v) is 3.28. The quantitative estimate of drug-likeness (QED) is 0.638. The molecule has 0 spiro atoms. The van der Waals surface area contributed by atoms with E-state index in [1.54, 1.807) is 12.3 Å². The molecule has 118 valence electrons. The van der Waals surface area contributed by atoms with Crippen molar-refractivity contribution in [3.63, 3.8) is 0 Å². The average Bonchev–Trinajstić information content (AvgIpc) is 2.56. The summed E-state index contributed by atoms with van der Waals surface area (Å²) in [6.07, 6.45) is 1.49. The predicted molar refractivity (Wildman–Crippen MR) is 90.9 cm³/mol. The molecule has 1 aromatic carbocycles. The van der Waals surface area contributed by atoms with Crippen molar-refractivity contribution in [2.75, 3.05) is 6.54 Å². The zero-order chi connectivity index (χ0) is 16.5. The standard InChI is InChI=1S/C17H15BrN2O3/c18-15-10-14(16(21)20-11-15)8-4-5-9-19-17(22)23-12-13-6-2-1-3-7-13/h1-3,6-7,10-11H,5,9,12H2,(H,19,22)(H,20,21). The molecule has 5 nitrogen and oxygen atoms in total. The van der Waals surface area contributed by atoms with Crippen LogP contribution in [0.4, 0.5) is 4.79 Å². The highest BCUT2D eigenvalue weighted by Gasteiger charge is 2.01. The predicted octanol–water partition coefficient (Wildman–Crippen LogP) is 2.81. The zero-order valence-electron chi connectivity index (χ0n) is 12.3. The summed E-state index contributed by atoms with van der Waals surface area (Å²) in [5.41, 5.74) is 1.07. The van der Waals surface area contributed by atoms with E-state index in [1.807, 2.05) is 30.3 Å². The Morgan fingerprint density at radius 3 is 2.87 bits per heavy atom. The van der Waals surface area contributed by atoms with Gasteiger partial charge in [-0.3, -0.25) is 4.79 Å². The maximum atomic E-state index is 11.5. The molecular weight excluding hydrogens is 360 g/mol. The molecule has 1 amide bonds.